The molecule has 3 fully saturated rings. The molecular weight excluding hydrogens is 154 g/mol. The van der Waals surface area contributed by atoms with Crippen molar-refractivity contribution in [2.24, 2.45) is 11.8 Å². The maximum atomic E-state index is 11.2. The summed E-state index contributed by atoms with van der Waals surface area (Å²) in [6.07, 6.45) is 3.89. The number of cyclic esters (lactones) is 1. The van der Waals surface area contributed by atoms with Crippen LogP contribution in [0.4, 0.5) is 4.79 Å². The fraction of sp³-hybridized carbons (Fsp3) is 0.889. The van der Waals surface area contributed by atoms with Crippen LogP contribution in [0.2, 0.25) is 0 Å². The average molecular weight is 167 g/mol. The third kappa shape index (κ3) is 0.740. The second-order valence-electron chi connectivity index (χ2n) is 4.24. The second kappa shape index (κ2) is 2.15. The molecule has 2 saturated heterocycles. The largest absolute Gasteiger partial charge is 0.447 e. The average Bonchev–Trinajstić information content (AvgIpc) is 2.61. The summed E-state index contributed by atoms with van der Waals surface area (Å²) in [6.45, 7) is 1.61. The number of carbonyl (C=O) groups excluding carboxylic acids is 1. The molecule has 2 bridgehead atoms. The van der Waals surface area contributed by atoms with Crippen molar-refractivity contribution in [1.82, 2.24) is 4.90 Å². The van der Waals surface area contributed by atoms with Crippen molar-refractivity contribution in [3.05, 3.63) is 0 Å². The van der Waals surface area contributed by atoms with E-state index in [-0.39, 0.29) is 6.09 Å². The zero-order valence-corrected chi connectivity index (χ0v) is 7.03. The van der Waals surface area contributed by atoms with Crippen LogP contribution in [-0.4, -0.2) is 30.2 Å². The number of nitrogens with zero attached hydrogens (tertiary/aromatic N) is 1. The Labute approximate surface area is 71.7 Å². The summed E-state index contributed by atoms with van der Waals surface area (Å²) < 4.78 is 5.04. The van der Waals surface area contributed by atoms with Crippen LogP contribution in [0.25, 0.3) is 0 Å². The quantitative estimate of drug-likeness (QED) is 0.543. The van der Waals surface area contributed by atoms with E-state index in [2.05, 4.69) is 0 Å². The number of hydrogen-bond acceptors (Lipinski definition) is 2. The van der Waals surface area contributed by atoms with Crippen LogP contribution in [0, 0.1) is 11.8 Å². The Kier molecular flexibility index (Phi) is 1.21. The molecule has 0 aromatic rings. The zero-order valence-electron chi connectivity index (χ0n) is 7.03. The van der Waals surface area contributed by atoms with E-state index in [0.29, 0.717) is 12.6 Å². The number of rotatable bonds is 0. The maximum absolute atomic E-state index is 11.2. The third-order valence-corrected chi connectivity index (χ3v) is 3.59. The van der Waals surface area contributed by atoms with E-state index in [1.54, 1.807) is 0 Å². The van der Waals surface area contributed by atoms with Crippen LogP contribution in [0.5, 0.6) is 0 Å². The molecule has 1 aliphatic carbocycles. The predicted molar refractivity (Wildman–Crippen MR) is 42.7 cm³/mol. The third-order valence-electron chi connectivity index (χ3n) is 3.59. The molecule has 0 unspecified atom stereocenters. The van der Waals surface area contributed by atoms with Gasteiger partial charge in [0.15, 0.2) is 0 Å². The minimum atomic E-state index is -0.0726. The normalized spacial score (nSPS) is 44.5. The molecule has 0 spiro atoms. The lowest BCUT2D eigenvalue weighted by Gasteiger charge is -2.32. The molecule has 66 valence electrons. The first kappa shape index (κ1) is 6.75. The van der Waals surface area contributed by atoms with Crippen LogP contribution >= 0.6 is 0 Å². The van der Waals surface area contributed by atoms with Crippen LogP contribution in [0.15, 0.2) is 0 Å². The number of piperidine rings is 1. The lowest BCUT2D eigenvalue weighted by Crippen LogP contribution is -2.43. The molecule has 12 heavy (non-hydrogen) atoms. The minimum absolute atomic E-state index is 0.0726. The van der Waals surface area contributed by atoms with Gasteiger partial charge >= 0.3 is 6.09 Å². The summed E-state index contributed by atoms with van der Waals surface area (Å²) in [5.41, 5.74) is 0. The van der Waals surface area contributed by atoms with Gasteiger partial charge in [0.1, 0.15) is 6.61 Å². The molecule has 1 saturated carbocycles. The zero-order chi connectivity index (χ0) is 8.13. The number of ether oxygens (including phenoxy) is 1. The van der Waals surface area contributed by atoms with E-state index in [0.717, 1.165) is 18.4 Å². The van der Waals surface area contributed by atoms with Crippen LogP contribution in [0.1, 0.15) is 19.3 Å². The molecule has 3 heteroatoms. The van der Waals surface area contributed by atoms with Gasteiger partial charge in [-0.3, -0.25) is 0 Å². The van der Waals surface area contributed by atoms with Gasteiger partial charge in [0.2, 0.25) is 0 Å². The van der Waals surface area contributed by atoms with E-state index in [1.807, 2.05) is 4.90 Å². The number of fused-ring (bicyclic) bond motifs is 4. The molecule has 3 rings (SSSR count). The summed E-state index contributed by atoms with van der Waals surface area (Å²) >= 11 is 0. The molecule has 2 aliphatic heterocycles. The van der Waals surface area contributed by atoms with E-state index in [1.165, 1.54) is 19.3 Å². The van der Waals surface area contributed by atoms with E-state index >= 15 is 0 Å². The molecular formula is C9H13NO2. The Morgan fingerprint density at radius 1 is 1.42 bits per heavy atom. The first-order chi connectivity index (χ1) is 5.84. The van der Waals surface area contributed by atoms with Crippen molar-refractivity contribution in [2.45, 2.75) is 25.3 Å². The Hall–Kier alpha value is -0.730. The summed E-state index contributed by atoms with van der Waals surface area (Å²) in [5, 5.41) is 0. The number of carbonyl (C=O) groups is 1. The Balaban J connectivity index is 1.90. The van der Waals surface area contributed by atoms with Gasteiger partial charge in [0.25, 0.3) is 0 Å². The molecule has 3 aliphatic rings. The van der Waals surface area contributed by atoms with Gasteiger partial charge in [-0.05, 0) is 31.1 Å². The highest BCUT2D eigenvalue weighted by atomic mass is 16.6. The van der Waals surface area contributed by atoms with Gasteiger partial charge in [0, 0.05) is 6.54 Å². The van der Waals surface area contributed by atoms with Gasteiger partial charge < -0.3 is 9.64 Å². The molecule has 0 aromatic carbocycles. The van der Waals surface area contributed by atoms with E-state index in [9.17, 15) is 4.79 Å². The highest BCUT2D eigenvalue weighted by Gasteiger charge is 2.46. The summed E-state index contributed by atoms with van der Waals surface area (Å²) in [5.74, 6) is 1.52. The molecule has 3 nitrogen and oxygen atoms in total. The Bertz CT molecular complexity index is 229. The topological polar surface area (TPSA) is 29.5 Å². The highest BCUT2D eigenvalue weighted by molar-refractivity contribution is 5.70. The van der Waals surface area contributed by atoms with Crippen molar-refractivity contribution in [3.63, 3.8) is 0 Å². The van der Waals surface area contributed by atoms with Crippen molar-refractivity contribution >= 4 is 6.09 Å². The molecule has 2 heterocycles. The Morgan fingerprint density at radius 2 is 2.33 bits per heavy atom. The molecule has 1 amide bonds. The summed E-state index contributed by atoms with van der Waals surface area (Å²) in [7, 11) is 0. The van der Waals surface area contributed by atoms with Crippen LogP contribution in [-0.2, 0) is 4.74 Å². The van der Waals surface area contributed by atoms with E-state index < -0.39 is 0 Å². The first-order valence-corrected chi connectivity index (χ1v) is 4.78. The molecule has 0 N–H and O–H groups in total. The number of hydrogen-bond donors (Lipinski definition) is 0. The van der Waals surface area contributed by atoms with Gasteiger partial charge in [-0.25, -0.2) is 4.79 Å². The molecule has 3 atom stereocenters. The smallest absolute Gasteiger partial charge is 0.410 e. The summed E-state index contributed by atoms with van der Waals surface area (Å²) in [6, 6.07) is 0.427. The minimum Gasteiger partial charge on any atom is -0.447 e. The van der Waals surface area contributed by atoms with Crippen molar-refractivity contribution < 1.29 is 9.53 Å². The summed E-state index contributed by atoms with van der Waals surface area (Å²) in [4.78, 5) is 13.2. The first-order valence-electron chi connectivity index (χ1n) is 4.78. The van der Waals surface area contributed by atoms with Gasteiger partial charge in [-0.1, -0.05) is 0 Å². The SMILES string of the molecule is O=C1OC[C@@H]2[C@@H]3CC[C@@H](C3)CN12. The Morgan fingerprint density at radius 3 is 3.25 bits per heavy atom. The fourth-order valence-electron chi connectivity index (χ4n) is 2.97. The van der Waals surface area contributed by atoms with Crippen LogP contribution in [0.3, 0.4) is 0 Å². The lowest BCUT2D eigenvalue weighted by molar-refractivity contribution is 0.139. The monoisotopic (exact) mass is 167 g/mol. The van der Waals surface area contributed by atoms with Crippen molar-refractivity contribution in [1.29, 1.82) is 0 Å². The van der Waals surface area contributed by atoms with Gasteiger partial charge in [-0.2, -0.15) is 0 Å². The van der Waals surface area contributed by atoms with Gasteiger partial charge in [-0.15, -0.1) is 0 Å². The van der Waals surface area contributed by atoms with Crippen LogP contribution < -0.4 is 0 Å². The number of amides is 1. The fourth-order valence-corrected chi connectivity index (χ4v) is 2.97. The molecule has 0 radical (unpaired) electrons. The second-order valence-corrected chi connectivity index (χ2v) is 4.24. The van der Waals surface area contributed by atoms with E-state index in [4.69, 9.17) is 4.74 Å². The predicted octanol–water partition coefficient (Wildman–Crippen LogP) is 1.24. The standard InChI is InChI=1S/C9H13NO2/c11-9-10-4-6-1-2-7(3-6)8(10)5-12-9/h6-8H,1-5H2/t6-,7+,8+/m0/s1. The molecule has 0 aromatic heterocycles. The maximum Gasteiger partial charge on any atom is 0.410 e. The van der Waals surface area contributed by atoms with Crippen molar-refractivity contribution in [2.75, 3.05) is 13.2 Å². The van der Waals surface area contributed by atoms with Crippen molar-refractivity contribution in [3.8, 4) is 0 Å². The highest BCUT2D eigenvalue weighted by Crippen LogP contribution is 2.42. The lowest BCUT2D eigenvalue weighted by atomic mass is 9.92. The van der Waals surface area contributed by atoms with Gasteiger partial charge in [0.05, 0.1) is 6.04 Å².